The van der Waals surface area contributed by atoms with Gasteiger partial charge in [0.1, 0.15) is 11.6 Å². The Labute approximate surface area is 152 Å². The molecule has 1 heterocycles. The van der Waals surface area contributed by atoms with Crippen LogP contribution in [0.5, 0.6) is 0 Å². The number of anilines is 3. The third-order valence-electron chi connectivity index (χ3n) is 4.09. The van der Waals surface area contributed by atoms with Crippen LogP contribution in [-0.4, -0.2) is 10.9 Å². The molecule has 1 amide bonds. The summed E-state index contributed by atoms with van der Waals surface area (Å²) in [5.74, 6) is -0.264. The standard InChI is InChI=1S/C21H20FN3O/c1-14-6-5-7-15(2)21(14)24-17-10-11-19(23-13-17)25-20(26)12-16-8-3-4-9-18(16)22/h3-11,13,24H,12H2,1-2H3,(H,23,25,26). The Morgan fingerprint density at radius 2 is 1.73 bits per heavy atom. The van der Waals surface area contributed by atoms with Crippen molar-refractivity contribution in [2.75, 3.05) is 10.6 Å². The molecule has 0 fully saturated rings. The lowest BCUT2D eigenvalue weighted by molar-refractivity contribution is -0.115. The Balaban J connectivity index is 1.64. The third-order valence-corrected chi connectivity index (χ3v) is 4.09. The highest BCUT2D eigenvalue weighted by Crippen LogP contribution is 2.24. The first kappa shape index (κ1) is 17.6. The largest absolute Gasteiger partial charge is 0.354 e. The zero-order chi connectivity index (χ0) is 18.5. The molecule has 1 aromatic heterocycles. The van der Waals surface area contributed by atoms with Crippen LogP contribution < -0.4 is 10.6 Å². The highest BCUT2D eigenvalue weighted by atomic mass is 19.1. The van der Waals surface area contributed by atoms with Crippen LogP contribution in [0, 0.1) is 19.7 Å². The summed E-state index contributed by atoms with van der Waals surface area (Å²) in [6.45, 7) is 4.08. The van der Waals surface area contributed by atoms with E-state index in [1.54, 1.807) is 30.5 Å². The maximum Gasteiger partial charge on any atom is 0.230 e. The Kier molecular flexibility index (Phi) is 5.27. The zero-order valence-electron chi connectivity index (χ0n) is 14.7. The first-order valence-electron chi connectivity index (χ1n) is 8.35. The van der Waals surface area contributed by atoms with Crippen LogP contribution in [-0.2, 0) is 11.2 Å². The van der Waals surface area contributed by atoms with E-state index in [0.29, 0.717) is 11.4 Å². The van der Waals surface area contributed by atoms with Crippen LogP contribution in [0.4, 0.5) is 21.6 Å². The van der Waals surface area contributed by atoms with Crippen molar-refractivity contribution in [2.24, 2.45) is 0 Å². The number of nitrogens with one attached hydrogen (secondary N) is 2. The minimum absolute atomic E-state index is 0.0310. The minimum atomic E-state index is -0.385. The molecule has 0 bridgehead atoms. The van der Waals surface area contributed by atoms with Crippen molar-refractivity contribution in [1.29, 1.82) is 0 Å². The summed E-state index contributed by atoms with van der Waals surface area (Å²) >= 11 is 0. The molecule has 2 aromatic carbocycles. The predicted octanol–water partition coefficient (Wildman–Crippen LogP) is 4.76. The van der Waals surface area contributed by atoms with Gasteiger partial charge in [0.15, 0.2) is 0 Å². The molecule has 0 aliphatic heterocycles. The Hall–Kier alpha value is -3.21. The molecular formula is C21H20FN3O. The van der Waals surface area contributed by atoms with E-state index in [0.717, 1.165) is 22.5 Å². The van der Waals surface area contributed by atoms with Gasteiger partial charge in [-0.05, 0) is 48.7 Å². The maximum absolute atomic E-state index is 13.6. The molecule has 0 saturated heterocycles. The van der Waals surface area contributed by atoms with Gasteiger partial charge < -0.3 is 10.6 Å². The van der Waals surface area contributed by atoms with Crippen LogP contribution >= 0.6 is 0 Å². The minimum Gasteiger partial charge on any atom is -0.354 e. The van der Waals surface area contributed by atoms with Gasteiger partial charge in [0.05, 0.1) is 18.3 Å². The predicted molar refractivity (Wildman–Crippen MR) is 102 cm³/mol. The number of pyridine rings is 1. The van der Waals surface area contributed by atoms with Crippen LogP contribution in [0.3, 0.4) is 0 Å². The number of carbonyl (C=O) groups is 1. The van der Waals surface area contributed by atoms with E-state index in [-0.39, 0.29) is 18.1 Å². The number of aryl methyl sites for hydroxylation is 2. The third kappa shape index (κ3) is 4.25. The highest BCUT2D eigenvalue weighted by molar-refractivity contribution is 5.91. The summed E-state index contributed by atoms with van der Waals surface area (Å²) in [6, 6.07) is 15.9. The Morgan fingerprint density at radius 3 is 2.38 bits per heavy atom. The molecule has 3 rings (SSSR count). The van der Waals surface area contributed by atoms with Crippen LogP contribution in [0.25, 0.3) is 0 Å². The fourth-order valence-electron chi connectivity index (χ4n) is 2.70. The lowest BCUT2D eigenvalue weighted by atomic mass is 10.1. The molecule has 0 spiro atoms. The van der Waals surface area contributed by atoms with Gasteiger partial charge in [-0.2, -0.15) is 0 Å². The fraction of sp³-hybridized carbons (Fsp3) is 0.143. The van der Waals surface area contributed by atoms with Crippen molar-refractivity contribution in [3.63, 3.8) is 0 Å². The van der Waals surface area contributed by atoms with Gasteiger partial charge in [0, 0.05) is 5.69 Å². The van der Waals surface area contributed by atoms with E-state index in [4.69, 9.17) is 0 Å². The highest BCUT2D eigenvalue weighted by Gasteiger charge is 2.09. The lowest BCUT2D eigenvalue weighted by Gasteiger charge is -2.13. The van der Waals surface area contributed by atoms with Gasteiger partial charge in [0.2, 0.25) is 5.91 Å². The van der Waals surface area contributed by atoms with Crippen molar-refractivity contribution < 1.29 is 9.18 Å². The second-order valence-corrected chi connectivity index (χ2v) is 6.14. The van der Waals surface area contributed by atoms with Crippen LogP contribution in [0.2, 0.25) is 0 Å². The monoisotopic (exact) mass is 349 g/mol. The number of nitrogens with zero attached hydrogens (tertiary/aromatic N) is 1. The first-order valence-corrected chi connectivity index (χ1v) is 8.35. The Morgan fingerprint density at radius 1 is 1.00 bits per heavy atom. The van der Waals surface area contributed by atoms with Gasteiger partial charge >= 0.3 is 0 Å². The van der Waals surface area contributed by atoms with E-state index in [1.807, 2.05) is 38.1 Å². The van der Waals surface area contributed by atoms with Crippen molar-refractivity contribution in [1.82, 2.24) is 4.98 Å². The number of hydrogen-bond acceptors (Lipinski definition) is 3. The summed E-state index contributed by atoms with van der Waals surface area (Å²) in [5.41, 5.74) is 4.53. The topological polar surface area (TPSA) is 54.0 Å². The zero-order valence-corrected chi connectivity index (χ0v) is 14.7. The quantitative estimate of drug-likeness (QED) is 0.698. The van der Waals surface area contributed by atoms with Gasteiger partial charge in [0.25, 0.3) is 0 Å². The number of aromatic nitrogens is 1. The van der Waals surface area contributed by atoms with E-state index < -0.39 is 0 Å². The van der Waals surface area contributed by atoms with Gasteiger partial charge in [-0.1, -0.05) is 36.4 Å². The molecule has 132 valence electrons. The number of para-hydroxylation sites is 1. The van der Waals surface area contributed by atoms with E-state index >= 15 is 0 Å². The molecular weight excluding hydrogens is 329 g/mol. The first-order chi connectivity index (χ1) is 12.5. The SMILES string of the molecule is Cc1cccc(C)c1Nc1ccc(NC(=O)Cc2ccccc2F)nc1. The van der Waals surface area contributed by atoms with Gasteiger partial charge in [-0.15, -0.1) is 0 Å². The average molecular weight is 349 g/mol. The summed E-state index contributed by atoms with van der Waals surface area (Å²) in [7, 11) is 0. The van der Waals surface area contributed by atoms with E-state index in [9.17, 15) is 9.18 Å². The second kappa shape index (κ2) is 7.78. The molecule has 0 aliphatic carbocycles. The molecule has 0 radical (unpaired) electrons. The smallest absolute Gasteiger partial charge is 0.230 e. The number of hydrogen-bond donors (Lipinski definition) is 2. The summed E-state index contributed by atoms with van der Waals surface area (Å²) in [4.78, 5) is 16.3. The van der Waals surface area contributed by atoms with Gasteiger partial charge in [-0.25, -0.2) is 9.37 Å². The molecule has 0 saturated carbocycles. The molecule has 3 aromatic rings. The fourth-order valence-corrected chi connectivity index (χ4v) is 2.70. The van der Waals surface area contributed by atoms with Crippen molar-refractivity contribution in [2.45, 2.75) is 20.3 Å². The summed E-state index contributed by atoms with van der Waals surface area (Å²) in [6.07, 6.45) is 1.63. The van der Waals surface area contributed by atoms with E-state index in [2.05, 4.69) is 15.6 Å². The molecule has 5 heteroatoms. The molecule has 4 nitrogen and oxygen atoms in total. The molecule has 0 atom stereocenters. The van der Waals surface area contributed by atoms with Crippen LogP contribution in [0.1, 0.15) is 16.7 Å². The van der Waals surface area contributed by atoms with Crippen LogP contribution in [0.15, 0.2) is 60.8 Å². The van der Waals surface area contributed by atoms with Gasteiger partial charge in [-0.3, -0.25) is 4.79 Å². The number of halogens is 1. The second-order valence-electron chi connectivity index (χ2n) is 6.14. The molecule has 26 heavy (non-hydrogen) atoms. The Bertz CT molecular complexity index is 903. The summed E-state index contributed by atoms with van der Waals surface area (Å²) < 4.78 is 13.6. The van der Waals surface area contributed by atoms with Crippen molar-refractivity contribution >= 4 is 23.1 Å². The number of carbonyl (C=O) groups excluding carboxylic acids is 1. The van der Waals surface area contributed by atoms with Crippen molar-refractivity contribution in [3.8, 4) is 0 Å². The number of amides is 1. The lowest BCUT2D eigenvalue weighted by Crippen LogP contribution is -2.16. The molecule has 0 unspecified atom stereocenters. The molecule has 0 aliphatic rings. The average Bonchev–Trinajstić information content (AvgIpc) is 2.62. The van der Waals surface area contributed by atoms with Crippen molar-refractivity contribution in [3.05, 3.63) is 83.3 Å². The summed E-state index contributed by atoms with van der Waals surface area (Å²) in [5, 5.41) is 6.03. The number of rotatable bonds is 5. The normalized spacial score (nSPS) is 10.4. The number of benzene rings is 2. The van der Waals surface area contributed by atoms with E-state index in [1.165, 1.54) is 6.07 Å². The molecule has 2 N–H and O–H groups in total. The maximum atomic E-state index is 13.6.